The van der Waals surface area contributed by atoms with Crippen molar-refractivity contribution in [3.05, 3.63) is 42.3 Å². The molecular formula is C21H29IN4O3. The van der Waals surface area contributed by atoms with Crippen molar-refractivity contribution in [2.45, 2.75) is 33.2 Å². The summed E-state index contributed by atoms with van der Waals surface area (Å²) in [4.78, 5) is 23.5. The highest BCUT2D eigenvalue weighted by Gasteiger charge is 2.28. The highest BCUT2D eigenvalue weighted by Crippen LogP contribution is 2.20. The lowest BCUT2D eigenvalue weighted by Crippen LogP contribution is -2.48. The molecule has 0 spiro atoms. The van der Waals surface area contributed by atoms with Crippen molar-refractivity contribution in [3.63, 3.8) is 0 Å². The van der Waals surface area contributed by atoms with Gasteiger partial charge in [0.15, 0.2) is 5.96 Å². The van der Waals surface area contributed by atoms with Crippen molar-refractivity contribution in [1.29, 1.82) is 0 Å². The van der Waals surface area contributed by atoms with E-state index in [1.807, 2.05) is 44.2 Å². The third-order valence-electron chi connectivity index (χ3n) is 4.64. The van der Waals surface area contributed by atoms with Gasteiger partial charge in [-0.1, -0.05) is 18.2 Å². The minimum Gasteiger partial charge on any atom is -0.466 e. The van der Waals surface area contributed by atoms with Crippen LogP contribution in [0, 0.1) is 5.92 Å². The molecule has 158 valence electrons. The maximum Gasteiger partial charge on any atom is 0.310 e. The number of oxazole rings is 1. The summed E-state index contributed by atoms with van der Waals surface area (Å²) >= 11 is 0. The molecule has 29 heavy (non-hydrogen) atoms. The van der Waals surface area contributed by atoms with Gasteiger partial charge >= 0.3 is 5.97 Å². The smallest absolute Gasteiger partial charge is 0.310 e. The van der Waals surface area contributed by atoms with Crippen LogP contribution in [0.3, 0.4) is 0 Å². The minimum atomic E-state index is -0.118. The van der Waals surface area contributed by atoms with Gasteiger partial charge in [-0.3, -0.25) is 4.79 Å². The van der Waals surface area contributed by atoms with E-state index in [1.54, 1.807) is 6.26 Å². The lowest BCUT2D eigenvalue weighted by Gasteiger charge is -2.33. The summed E-state index contributed by atoms with van der Waals surface area (Å²) in [6, 6.07) is 9.80. The number of carbonyl (C=O) groups is 1. The molecule has 2 aromatic rings. The fraction of sp³-hybridized carbons (Fsp3) is 0.476. The zero-order chi connectivity index (χ0) is 19.8. The third-order valence-corrected chi connectivity index (χ3v) is 4.64. The van der Waals surface area contributed by atoms with Gasteiger partial charge in [-0.05, 0) is 38.8 Å². The van der Waals surface area contributed by atoms with Crippen molar-refractivity contribution < 1.29 is 13.9 Å². The molecule has 0 aliphatic carbocycles. The van der Waals surface area contributed by atoms with Crippen LogP contribution in [0.25, 0.3) is 11.5 Å². The van der Waals surface area contributed by atoms with Gasteiger partial charge in [0.2, 0.25) is 5.89 Å². The molecule has 8 heteroatoms. The SMILES string of the molecule is CCNC(=NCc1coc(-c2ccccc2)n1)N1CCCC(C(=O)OCC)C1.I. The molecule has 1 aromatic heterocycles. The Hall–Kier alpha value is -2.10. The predicted molar refractivity (Wildman–Crippen MR) is 123 cm³/mol. The fourth-order valence-electron chi connectivity index (χ4n) is 3.30. The number of nitrogens with one attached hydrogen (secondary N) is 1. The molecule has 1 unspecified atom stereocenters. The van der Waals surface area contributed by atoms with Crippen molar-refractivity contribution in [2.75, 3.05) is 26.2 Å². The van der Waals surface area contributed by atoms with Crippen molar-refractivity contribution in [2.24, 2.45) is 10.9 Å². The Morgan fingerprint density at radius 2 is 2.14 bits per heavy atom. The number of likely N-dealkylation sites (tertiary alicyclic amines) is 1. The molecule has 1 N–H and O–H groups in total. The Kier molecular flexibility index (Phi) is 9.43. The Labute approximate surface area is 188 Å². The van der Waals surface area contributed by atoms with Gasteiger partial charge in [-0.2, -0.15) is 0 Å². The summed E-state index contributed by atoms with van der Waals surface area (Å²) in [7, 11) is 0. The molecule has 1 fully saturated rings. The zero-order valence-corrected chi connectivity index (χ0v) is 19.3. The summed E-state index contributed by atoms with van der Waals surface area (Å²) in [6.45, 7) is 6.96. The van der Waals surface area contributed by atoms with E-state index in [9.17, 15) is 4.79 Å². The predicted octanol–water partition coefficient (Wildman–Crippen LogP) is 3.70. The first-order valence-electron chi connectivity index (χ1n) is 9.91. The van der Waals surface area contributed by atoms with Gasteiger partial charge in [0.25, 0.3) is 0 Å². The van der Waals surface area contributed by atoms with Crippen LogP contribution in [0.1, 0.15) is 32.4 Å². The number of guanidine groups is 1. The number of nitrogens with zero attached hydrogens (tertiary/aromatic N) is 3. The molecule has 1 aromatic carbocycles. The zero-order valence-electron chi connectivity index (χ0n) is 17.0. The number of rotatable bonds is 6. The number of aliphatic imine (C=N–C) groups is 1. The van der Waals surface area contributed by atoms with Crippen LogP contribution >= 0.6 is 24.0 Å². The molecule has 0 bridgehead atoms. The van der Waals surface area contributed by atoms with Gasteiger partial charge in [-0.25, -0.2) is 9.98 Å². The number of hydrogen-bond acceptors (Lipinski definition) is 5. The highest BCUT2D eigenvalue weighted by molar-refractivity contribution is 14.0. The van der Waals surface area contributed by atoms with E-state index in [1.165, 1.54) is 0 Å². The number of benzene rings is 1. The Morgan fingerprint density at radius 3 is 2.86 bits per heavy atom. The molecule has 1 atom stereocenters. The summed E-state index contributed by atoms with van der Waals surface area (Å²) in [5, 5.41) is 3.32. The molecule has 3 rings (SSSR count). The summed E-state index contributed by atoms with van der Waals surface area (Å²) in [6.07, 6.45) is 3.45. The number of ether oxygens (including phenoxy) is 1. The first-order chi connectivity index (χ1) is 13.7. The Morgan fingerprint density at radius 1 is 1.34 bits per heavy atom. The van der Waals surface area contributed by atoms with E-state index in [-0.39, 0.29) is 35.9 Å². The van der Waals surface area contributed by atoms with Crippen LogP contribution in [0.5, 0.6) is 0 Å². The topological polar surface area (TPSA) is 80.0 Å². The number of halogens is 1. The van der Waals surface area contributed by atoms with Gasteiger partial charge in [0, 0.05) is 25.2 Å². The first-order valence-corrected chi connectivity index (χ1v) is 9.91. The number of carbonyl (C=O) groups excluding carboxylic acids is 1. The minimum absolute atomic E-state index is 0. The molecule has 1 aliphatic rings. The average molecular weight is 512 g/mol. The van der Waals surface area contributed by atoms with Crippen LogP contribution in [0.15, 0.2) is 46.0 Å². The van der Waals surface area contributed by atoms with Crippen LogP contribution in [0.4, 0.5) is 0 Å². The molecule has 0 saturated carbocycles. The van der Waals surface area contributed by atoms with E-state index in [2.05, 4.69) is 15.2 Å². The van der Waals surface area contributed by atoms with Crippen molar-refractivity contribution in [3.8, 4) is 11.5 Å². The molecule has 1 saturated heterocycles. The van der Waals surface area contributed by atoms with Gasteiger partial charge in [0.05, 0.1) is 19.1 Å². The standard InChI is InChI=1S/C21H28N4O3.HI/c1-3-22-21(25-12-8-11-17(14-25)20(26)27-4-2)23-13-18-15-28-19(24-18)16-9-6-5-7-10-16;/h5-7,9-10,15,17H,3-4,8,11-14H2,1-2H3,(H,22,23);1H. The van der Waals surface area contributed by atoms with Crippen LogP contribution in [0.2, 0.25) is 0 Å². The Bertz CT molecular complexity index is 794. The maximum atomic E-state index is 12.1. The maximum absolute atomic E-state index is 12.1. The van der Waals surface area contributed by atoms with Crippen LogP contribution in [-0.4, -0.2) is 48.1 Å². The normalized spacial score (nSPS) is 16.8. The summed E-state index contributed by atoms with van der Waals surface area (Å²) < 4.78 is 10.8. The van der Waals surface area contributed by atoms with E-state index in [0.717, 1.165) is 43.1 Å². The molecule has 1 aliphatic heterocycles. The monoisotopic (exact) mass is 512 g/mol. The lowest BCUT2D eigenvalue weighted by atomic mass is 9.98. The molecule has 0 amide bonds. The van der Waals surface area contributed by atoms with Crippen molar-refractivity contribution >= 4 is 35.9 Å². The van der Waals surface area contributed by atoms with Crippen LogP contribution < -0.4 is 5.32 Å². The summed E-state index contributed by atoms with van der Waals surface area (Å²) in [5.41, 5.74) is 1.71. The molecular weight excluding hydrogens is 483 g/mol. The van der Waals surface area contributed by atoms with E-state index in [4.69, 9.17) is 14.1 Å². The molecule has 7 nitrogen and oxygen atoms in total. The Balaban J connectivity index is 0.00000300. The lowest BCUT2D eigenvalue weighted by molar-refractivity contribution is -0.149. The first kappa shape index (κ1) is 23.2. The van der Waals surface area contributed by atoms with Gasteiger partial charge < -0.3 is 19.4 Å². The fourth-order valence-corrected chi connectivity index (χ4v) is 3.30. The van der Waals surface area contributed by atoms with Crippen LogP contribution in [-0.2, 0) is 16.1 Å². The third kappa shape index (κ3) is 6.45. The quantitative estimate of drug-likeness (QED) is 0.275. The second-order valence-corrected chi connectivity index (χ2v) is 6.72. The van der Waals surface area contributed by atoms with E-state index in [0.29, 0.717) is 25.6 Å². The molecule has 0 radical (unpaired) electrons. The number of piperidine rings is 1. The van der Waals surface area contributed by atoms with E-state index < -0.39 is 0 Å². The largest absolute Gasteiger partial charge is 0.466 e. The molecule has 2 heterocycles. The summed E-state index contributed by atoms with van der Waals surface area (Å²) in [5.74, 6) is 1.17. The number of hydrogen-bond donors (Lipinski definition) is 1. The van der Waals surface area contributed by atoms with Gasteiger partial charge in [-0.15, -0.1) is 24.0 Å². The van der Waals surface area contributed by atoms with Gasteiger partial charge in [0.1, 0.15) is 12.0 Å². The average Bonchev–Trinajstić information content (AvgIpc) is 3.21. The van der Waals surface area contributed by atoms with E-state index >= 15 is 0 Å². The second-order valence-electron chi connectivity index (χ2n) is 6.72. The highest BCUT2D eigenvalue weighted by atomic mass is 127. The second kappa shape index (κ2) is 11.8. The number of aromatic nitrogens is 1. The number of esters is 1. The van der Waals surface area contributed by atoms with Crippen molar-refractivity contribution in [1.82, 2.24) is 15.2 Å².